The minimum absolute atomic E-state index is 0.206. The number of hydrogen-bond donors (Lipinski definition) is 2. The molecule has 3 N–H and O–H groups in total. The fourth-order valence-corrected chi connectivity index (χ4v) is 3.41. The summed E-state index contributed by atoms with van der Waals surface area (Å²) in [6, 6.07) is 11.8. The van der Waals surface area contributed by atoms with E-state index in [1.807, 2.05) is 0 Å². The van der Waals surface area contributed by atoms with Gasteiger partial charge >= 0.3 is 0 Å². The van der Waals surface area contributed by atoms with Crippen molar-refractivity contribution in [3.05, 3.63) is 35.9 Å². The molecule has 0 bridgehead atoms. The molecule has 0 aliphatic heterocycles. The maximum absolute atomic E-state index is 5.98. The first-order chi connectivity index (χ1) is 9.52. The highest BCUT2D eigenvalue weighted by atomic mass is 15.0. The van der Waals surface area contributed by atoms with E-state index in [9.17, 15) is 0 Å². The molecular weight excluding hydrogens is 244 g/mol. The second-order valence-electron chi connectivity index (χ2n) is 7.26. The molecule has 2 heteroatoms. The second kappa shape index (κ2) is 6.73. The Balaban J connectivity index is 2.16. The lowest BCUT2D eigenvalue weighted by Crippen LogP contribution is -2.46. The number of hydrogen-bond acceptors (Lipinski definition) is 2. The summed E-state index contributed by atoms with van der Waals surface area (Å²) in [6.07, 6.45) is 5.21. The maximum atomic E-state index is 5.98. The van der Waals surface area contributed by atoms with Crippen LogP contribution < -0.4 is 11.1 Å². The molecule has 0 heterocycles. The van der Waals surface area contributed by atoms with Gasteiger partial charge in [0, 0.05) is 12.1 Å². The van der Waals surface area contributed by atoms with E-state index in [2.05, 4.69) is 56.4 Å². The molecule has 20 heavy (non-hydrogen) atoms. The first-order valence-electron chi connectivity index (χ1n) is 8.03. The third-order valence-corrected chi connectivity index (χ3v) is 4.59. The van der Waals surface area contributed by atoms with Crippen LogP contribution >= 0.6 is 0 Å². The molecule has 0 spiro atoms. The second-order valence-corrected chi connectivity index (χ2v) is 7.26. The zero-order valence-electron chi connectivity index (χ0n) is 13.2. The van der Waals surface area contributed by atoms with Crippen molar-refractivity contribution in [1.82, 2.24) is 5.32 Å². The van der Waals surface area contributed by atoms with E-state index in [1.54, 1.807) is 0 Å². The molecule has 1 fully saturated rings. The average Bonchev–Trinajstić information content (AvgIpc) is 2.45. The van der Waals surface area contributed by atoms with Gasteiger partial charge in [0.2, 0.25) is 0 Å². The summed E-state index contributed by atoms with van der Waals surface area (Å²) in [5.41, 5.74) is 7.57. The zero-order valence-corrected chi connectivity index (χ0v) is 13.2. The van der Waals surface area contributed by atoms with Crippen LogP contribution in [0, 0.1) is 11.3 Å². The van der Waals surface area contributed by atoms with E-state index in [4.69, 9.17) is 5.73 Å². The zero-order chi connectivity index (χ0) is 14.6. The quantitative estimate of drug-likeness (QED) is 0.874. The SMILES string of the molecule is CC(C)(C)C(NC1CCCCC1CN)c1ccccc1. The van der Waals surface area contributed by atoms with Crippen molar-refractivity contribution in [2.45, 2.75) is 58.5 Å². The molecule has 0 amide bonds. The summed E-state index contributed by atoms with van der Waals surface area (Å²) in [4.78, 5) is 0. The molecule has 3 atom stereocenters. The van der Waals surface area contributed by atoms with Crippen LogP contribution in [0.15, 0.2) is 30.3 Å². The van der Waals surface area contributed by atoms with Gasteiger partial charge in [-0.3, -0.25) is 0 Å². The Kier molecular flexibility index (Phi) is 5.22. The van der Waals surface area contributed by atoms with E-state index >= 15 is 0 Å². The Hall–Kier alpha value is -0.860. The van der Waals surface area contributed by atoms with Crippen LogP contribution in [-0.4, -0.2) is 12.6 Å². The predicted octanol–water partition coefficient (Wildman–Crippen LogP) is 3.88. The lowest BCUT2D eigenvalue weighted by atomic mass is 9.78. The van der Waals surface area contributed by atoms with Gasteiger partial charge in [-0.25, -0.2) is 0 Å². The van der Waals surface area contributed by atoms with Crippen molar-refractivity contribution in [2.75, 3.05) is 6.54 Å². The minimum Gasteiger partial charge on any atom is -0.330 e. The van der Waals surface area contributed by atoms with Crippen LogP contribution in [0.3, 0.4) is 0 Å². The third kappa shape index (κ3) is 3.83. The van der Waals surface area contributed by atoms with Gasteiger partial charge in [0.25, 0.3) is 0 Å². The van der Waals surface area contributed by atoms with Gasteiger partial charge in [-0.15, -0.1) is 0 Å². The molecule has 0 radical (unpaired) electrons. The summed E-state index contributed by atoms with van der Waals surface area (Å²) >= 11 is 0. The van der Waals surface area contributed by atoms with Crippen molar-refractivity contribution in [2.24, 2.45) is 17.1 Å². The summed E-state index contributed by atoms with van der Waals surface area (Å²) in [6.45, 7) is 7.76. The normalized spacial score (nSPS) is 25.4. The highest BCUT2D eigenvalue weighted by Crippen LogP contribution is 2.35. The van der Waals surface area contributed by atoms with Gasteiger partial charge in [0.1, 0.15) is 0 Å². The summed E-state index contributed by atoms with van der Waals surface area (Å²) < 4.78 is 0. The van der Waals surface area contributed by atoms with E-state index in [0.29, 0.717) is 18.0 Å². The van der Waals surface area contributed by atoms with Gasteiger partial charge in [-0.05, 0) is 36.3 Å². The first-order valence-corrected chi connectivity index (χ1v) is 8.03. The molecule has 1 aliphatic carbocycles. The summed E-state index contributed by atoms with van der Waals surface area (Å²) in [7, 11) is 0. The highest BCUT2D eigenvalue weighted by Gasteiger charge is 2.32. The smallest absolute Gasteiger partial charge is 0.0371 e. The van der Waals surface area contributed by atoms with Crippen LogP contribution in [0.5, 0.6) is 0 Å². The van der Waals surface area contributed by atoms with E-state index < -0.39 is 0 Å². The molecule has 1 aromatic rings. The molecule has 0 saturated heterocycles. The highest BCUT2D eigenvalue weighted by molar-refractivity contribution is 5.21. The minimum atomic E-state index is 0.206. The molecule has 2 rings (SSSR count). The Morgan fingerprint density at radius 3 is 2.40 bits per heavy atom. The number of benzene rings is 1. The maximum Gasteiger partial charge on any atom is 0.0371 e. The molecule has 1 aromatic carbocycles. The van der Waals surface area contributed by atoms with Gasteiger partial charge in [0.15, 0.2) is 0 Å². The molecule has 0 aromatic heterocycles. The molecule has 1 aliphatic rings. The van der Waals surface area contributed by atoms with Crippen molar-refractivity contribution < 1.29 is 0 Å². The van der Waals surface area contributed by atoms with E-state index in [-0.39, 0.29) is 5.41 Å². The monoisotopic (exact) mass is 274 g/mol. The number of rotatable bonds is 4. The molecule has 2 nitrogen and oxygen atoms in total. The summed E-state index contributed by atoms with van der Waals surface area (Å²) in [5.74, 6) is 0.636. The van der Waals surface area contributed by atoms with Gasteiger partial charge < -0.3 is 11.1 Å². The average molecular weight is 274 g/mol. The lowest BCUT2D eigenvalue weighted by Gasteiger charge is -2.40. The fourth-order valence-electron chi connectivity index (χ4n) is 3.41. The topological polar surface area (TPSA) is 38.0 Å². The Morgan fingerprint density at radius 1 is 1.15 bits per heavy atom. The number of nitrogens with two attached hydrogens (primary N) is 1. The van der Waals surface area contributed by atoms with Crippen molar-refractivity contribution in [3.63, 3.8) is 0 Å². The standard InChI is InChI=1S/C18H30N2/c1-18(2,3)17(14-9-5-4-6-10-14)20-16-12-8-7-11-15(16)13-19/h4-6,9-10,15-17,20H,7-8,11-13,19H2,1-3H3. The lowest BCUT2D eigenvalue weighted by molar-refractivity contribution is 0.187. The van der Waals surface area contributed by atoms with E-state index in [0.717, 1.165) is 6.54 Å². The van der Waals surface area contributed by atoms with Crippen LogP contribution in [0.4, 0.5) is 0 Å². The van der Waals surface area contributed by atoms with Gasteiger partial charge in [-0.1, -0.05) is 63.9 Å². The Morgan fingerprint density at radius 2 is 1.80 bits per heavy atom. The number of nitrogens with one attached hydrogen (secondary N) is 1. The molecule has 112 valence electrons. The van der Waals surface area contributed by atoms with Crippen LogP contribution in [0.2, 0.25) is 0 Å². The molecule has 3 unspecified atom stereocenters. The first kappa shape index (κ1) is 15.5. The van der Waals surface area contributed by atoms with Gasteiger partial charge in [0.05, 0.1) is 0 Å². The largest absolute Gasteiger partial charge is 0.330 e. The summed E-state index contributed by atoms with van der Waals surface area (Å²) in [5, 5.41) is 3.93. The van der Waals surface area contributed by atoms with E-state index in [1.165, 1.54) is 31.2 Å². The molecular formula is C18H30N2. The Labute approximate surface area is 124 Å². The van der Waals surface area contributed by atoms with Crippen molar-refractivity contribution >= 4 is 0 Å². The van der Waals surface area contributed by atoms with Crippen molar-refractivity contribution in [3.8, 4) is 0 Å². The van der Waals surface area contributed by atoms with Crippen LogP contribution in [0.25, 0.3) is 0 Å². The Bertz CT molecular complexity index is 394. The fraction of sp³-hybridized carbons (Fsp3) is 0.667. The predicted molar refractivity (Wildman–Crippen MR) is 86.6 cm³/mol. The van der Waals surface area contributed by atoms with Crippen LogP contribution in [0.1, 0.15) is 58.1 Å². The third-order valence-electron chi connectivity index (χ3n) is 4.59. The molecule has 1 saturated carbocycles. The van der Waals surface area contributed by atoms with Crippen LogP contribution in [-0.2, 0) is 0 Å². The van der Waals surface area contributed by atoms with Gasteiger partial charge in [-0.2, -0.15) is 0 Å². The van der Waals surface area contributed by atoms with Crippen molar-refractivity contribution in [1.29, 1.82) is 0 Å².